The second kappa shape index (κ2) is 9.49. The average Bonchev–Trinajstić information content (AvgIpc) is 2.73. The Hall–Kier alpha value is -2.25. The van der Waals surface area contributed by atoms with Crippen LogP contribution in [0.15, 0.2) is 42.5 Å². The number of rotatable bonds is 7. The van der Waals surface area contributed by atoms with Gasteiger partial charge in [0.25, 0.3) is 0 Å². The van der Waals surface area contributed by atoms with Gasteiger partial charge in [-0.2, -0.15) is 22.0 Å². The van der Waals surface area contributed by atoms with E-state index in [4.69, 9.17) is 0 Å². The van der Waals surface area contributed by atoms with Crippen LogP contribution >= 0.6 is 0 Å². The van der Waals surface area contributed by atoms with E-state index in [0.29, 0.717) is 24.3 Å². The van der Waals surface area contributed by atoms with Gasteiger partial charge in [-0.1, -0.05) is 30.3 Å². The van der Waals surface area contributed by atoms with E-state index in [1.165, 1.54) is 11.6 Å². The maximum absolute atomic E-state index is 14.1. The third-order valence-corrected chi connectivity index (χ3v) is 5.77. The van der Waals surface area contributed by atoms with Crippen molar-refractivity contribution >= 4 is 0 Å². The Morgan fingerprint density at radius 3 is 1.87 bits per heavy atom. The lowest BCUT2D eigenvalue weighted by Gasteiger charge is -2.29. The Morgan fingerprint density at radius 1 is 0.806 bits per heavy atom. The molecule has 0 amide bonds. The summed E-state index contributed by atoms with van der Waals surface area (Å²) in [6.45, 7) is -0.343. The van der Waals surface area contributed by atoms with Crippen LogP contribution in [-0.2, 0) is 6.42 Å². The highest BCUT2D eigenvalue weighted by atomic mass is 19.4. The van der Waals surface area contributed by atoms with Crippen LogP contribution in [0.4, 0.5) is 30.7 Å². The molecule has 0 bridgehead atoms. The Labute approximate surface area is 176 Å². The number of hydrogen-bond acceptors (Lipinski definition) is 1. The minimum atomic E-state index is -5.93. The molecule has 2 aromatic rings. The summed E-state index contributed by atoms with van der Waals surface area (Å²) in [4.78, 5) is 0. The van der Waals surface area contributed by atoms with Gasteiger partial charge >= 0.3 is 12.3 Å². The number of aryl methyl sites for hydroxylation is 1. The van der Waals surface area contributed by atoms with Crippen molar-refractivity contribution in [3.8, 4) is 5.75 Å². The maximum Gasteiger partial charge on any atom is 0.499 e. The monoisotopic (exact) mass is 448 g/mol. The number of ether oxygens (including phenoxy) is 1. The molecule has 3 rings (SSSR count). The summed E-state index contributed by atoms with van der Waals surface area (Å²) in [6, 6.07) is 11.2. The standard InChI is InChI=1S/C23H23F7O/c24-13-1-2-15-3-5-16(6-4-15)17-7-9-18(10-8-17)19-11-12-21(20(25)14-19)31-23(29,30)22(26,27)28/h3-6,11-12,14,17-18H,1-2,7-10,13H2. The predicted molar refractivity (Wildman–Crippen MR) is 103 cm³/mol. The van der Waals surface area contributed by atoms with Crippen LogP contribution in [-0.4, -0.2) is 19.0 Å². The Balaban J connectivity index is 1.60. The van der Waals surface area contributed by atoms with Gasteiger partial charge in [-0.25, -0.2) is 4.39 Å². The Bertz CT molecular complexity index is 853. The smallest absolute Gasteiger partial charge is 0.423 e. The van der Waals surface area contributed by atoms with Gasteiger partial charge in [0.15, 0.2) is 11.6 Å². The molecule has 0 saturated heterocycles. The lowest BCUT2D eigenvalue weighted by atomic mass is 9.76. The molecule has 8 heteroatoms. The number of alkyl halides is 6. The summed E-state index contributed by atoms with van der Waals surface area (Å²) in [6.07, 6.45) is -7.01. The van der Waals surface area contributed by atoms with Crippen molar-refractivity contribution < 1.29 is 35.5 Å². The van der Waals surface area contributed by atoms with Crippen LogP contribution in [0.5, 0.6) is 5.75 Å². The van der Waals surface area contributed by atoms with Gasteiger partial charge in [0, 0.05) is 0 Å². The van der Waals surface area contributed by atoms with Gasteiger partial charge in [-0.3, -0.25) is 4.39 Å². The van der Waals surface area contributed by atoms with Gasteiger partial charge in [0.05, 0.1) is 6.67 Å². The van der Waals surface area contributed by atoms with E-state index in [-0.39, 0.29) is 12.6 Å². The third kappa shape index (κ3) is 5.71. The zero-order chi connectivity index (χ0) is 22.6. The van der Waals surface area contributed by atoms with E-state index in [1.807, 2.05) is 24.3 Å². The molecule has 0 heterocycles. The fraction of sp³-hybridized carbons (Fsp3) is 0.478. The molecule has 0 atom stereocenters. The van der Waals surface area contributed by atoms with Crippen molar-refractivity contribution in [1.82, 2.24) is 0 Å². The first-order valence-corrected chi connectivity index (χ1v) is 10.2. The SMILES string of the molecule is FCCCc1ccc(C2CCC(c3ccc(OC(F)(F)C(F)(F)F)c(F)c3)CC2)cc1. The van der Waals surface area contributed by atoms with E-state index in [1.54, 1.807) is 0 Å². The van der Waals surface area contributed by atoms with Crippen molar-refractivity contribution in [3.63, 3.8) is 0 Å². The lowest BCUT2D eigenvalue weighted by molar-refractivity contribution is -0.361. The van der Waals surface area contributed by atoms with Crippen molar-refractivity contribution in [1.29, 1.82) is 0 Å². The molecule has 0 radical (unpaired) electrons. The van der Waals surface area contributed by atoms with E-state index < -0.39 is 23.9 Å². The predicted octanol–water partition coefficient (Wildman–Crippen LogP) is 7.70. The zero-order valence-corrected chi connectivity index (χ0v) is 16.7. The van der Waals surface area contributed by atoms with Crippen molar-refractivity contribution in [2.75, 3.05) is 6.67 Å². The molecule has 2 aromatic carbocycles. The second-order valence-corrected chi connectivity index (χ2v) is 7.89. The third-order valence-electron chi connectivity index (χ3n) is 5.77. The fourth-order valence-corrected chi connectivity index (χ4v) is 4.04. The average molecular weight is 448 g/mol. The molecule has 0 aliphatic heterocycles. The van der Waals surface area contributed by atoms with Crippen LogP contribution in [0.3, 0.4) is 0 Å². The van der Waals surface area contributed by atoms with E-state index in [9.17, 15) is 30.7 Å². The lowest BCUT2D eigenvalue weighted by Crippen LogP contribution is -2.42. The van der Waals surface area contributed by atoms with Crippen LogP contribution in [0.2, 0.25) is 0 Å². The van der Waals surface area contributed by atoms with Crippen LogP contribution in [0.25, 0.3) is 0 Å². The molecule has 31 heavy (non-hydrogen) atoms. The highest BCUT2D eigenvalue weighted by Gasteiger charge is 2.61. The van der Waals surface area contributed by atoms with Crippen LogP contribution in [0.1, 0.15) is 60.6 Å². The maximum atomic E-state index is 14.1. The van der Waals surface area contributed by atoms with Crippen molar-refractivity contribution in [2.45, 2.75) is 62.6 Å². The molecule has 1 saturated carbocycles. The summed E-state index contributed by atoms with van der Waals surface area (Å²) in [7, 11) is 0. The Morgan fingerprint density at radius 2 is 1.35 bits per heavy atom. The first-order chi connectivity index (χ1) is 14.6. The van der Waals surface area contributed by atoms with Crippen molar-refractivity contribution in [3.05, 3.63) is 65.0 Å². The normalized spacial score (nSPS) is 20.0. The molecule has 0 N–H and O–H groups in total. The first-order valence-electron chi connectivity index (χ1n) is 10.2. The molecular weight excluding hydrogens is 425 g/mol. The van der Waals surface area contributed by atoms with Gasteiger partial charge < -0.3 is 4.74 Å². The summed E-state index contributed by atoms with van der Waals surface area (Å²) in [5, 5.41) is 0. The number of benzene rings is 2. The van der Waals surface area contributed by atoms with Gasteiger partial charge in [0.1, 0.15) is 0 Å². The summed E-state index contributed by atoms with van der Waals surface area (Å²) >= 11 is 0. The minimum Gasteiger partial charge on any atom is -0.423 e. The molecule has 1 aliphatic carbocycles. The van der Waals surface area contributed by atoms with Gasteiger partial charge in [0.2, 0.25) is 0 Å². The largest absolute Gasteiger partial charge is 0.499 e. The van der Waals surface area contributed by atoms with E-state index in [2.05, 4.69) is 4.74 Å². The highest BCUT2D eigenvalue weighted by molar-refractivity contribution is 5.33. The zero-order valence-electron chi connectivity index (χ0n) is 16.7. The molecule has 170 valence electrons. The van der Waals surface area contributed by atoms with E-state index >= 15 is 0 Å². The molecule has 1 aliphatic rings. The van der Waals surface area contributed by atoms with Crippen molar-refractivity contribution in [2.24, 2.45) is 0 Å². The first kappa shape index (κ1) is 23.4. The fourth-order valence-electron chi connectivity index (χ4n) is 4.04. The van der Waals surface area contributed by atoms with E-state index in [0.717, 1.165) is 43.4 Å². The molecule has 0 spiro atoms. The molecule has 1 nitrogen and oxygen atoms in total. The van der Waals surface area contributed by atoms with Crippen LogP contribution in [0, 0.1) is 5.82 Å². The van der Waals surface area contributed by atoms with Gasteiger partial charge in [-0.15, -0.1) is 0 Å². The summed E-state index contributed by atoms with van der Waals surface area (Å²) < 4.78 is 92.8. The minimum absolute atomic E-state index is 0.00764. The summed E-state index contributed by atoms with van der Waals surface area (Å²) in [5.74, 6) is -2.05. The number of halogens is 7. The molecule has 0 aromatic heterocycles. The summed E-state index contributed by atoms with van der Waals surface area (Å²) in [5.41, 5.74) is 2.83. The van der Waals surface area contributed by atoms with Crippen LogP contribution < -0.4 is 4.74 Å². The highest BCUT2D eigenvalue weighted by Crippen LogP contribution is 2.42. The molecule has 0 unspecified atom stereocenters. The topological polar surface area (TPSA) is 9.23 Å². The Kier molecular flexibility index (Phi) is 7.17. The second-order valence-electron chi connectivity index (χ2n) is 7.89. The molecule has 1 fully saturated rings. The number of hydrogen-bond donors (Lipinski definition) is 0. The molecular formula is C23H23F7O. The quantitative estimate of drug-likeness (QED) is 0.394. The van der Waals surface area contributed by atoms with Gasteiger partial charge in [-0.05, 0) is 79.2 Å².